The molecule has 2 aromatic heterocycles. The van der Waals surface area contributed by atoms with Gasteiger partial charge in [0.2, 0.25) is 0 Å². The molecule has 3 heteroatoms. The normalized spacial score (nSPS) is 10.4. The van der Waals surface area contributed by atoms with Crippen molar-refractivity contribution in [3.63, 3.8) is 0 Å². The fraction of sp³-hybridized carbons (Fsp3) is 0.273. The van der Waals surface area contributed by atoms with Gasteiger partial charge in [0.15, 0.2) is 0 Å². The van der Waals surface area contributed by atoms with E-state index in [1.54, 1.807) is 0 Å². The molecule has 0 aliphatic rings. The molecular weight excluding hydrogens is 174 g/mol. The smallest absolute Gasteiger partial charge is 0.140 e. The van der Waals surface area contributed by atoms with Crippen LogP contribution in [-0.2, 0) is 6.42 Å². The van der Waals surface area contributed by atoms with Gasteiger partial charge in [-0.2, -0.15) is 0 Å². The molecule has 2 rings (SSSR count). The summed E-state index contributed by atoms with van der Waals surface area (Å²) in [5.41, 5.74) is 1.17. The number of aryl methyl sites for hydroxylation is 2. The zero-order valence-corrected chi connectivity index (χ0v) is 8.44. The minimum Gasteiger partial charge on any atom is -0.288 e. The van der Waals surface area contributed by atoms with Crippen molar-refractivity contribution in [3.8, 4) is 5.82 Å². The van der Waals surface area contributed by atoms with Gasteiger partial charge >= 0.3 is 0 Å². The van der Waals surface area contributed by atoms with Gasteiger partial charge in [-0.05, 0) is 18.6 Å². The number of hydrogen-bond donors (Lipinski definition) is 0. The van der Waals surface area contributed by atoms with E-state index in [1.807, 2.05) is 29.2 Å². The first kappa shape index (κ1) is 8.94. The molecule has 2 heterocycles. The van der Waals surface area contributed by atoms with Gasteiger partial charge < -0.3 is 0 Å². The Morgan fingerprint density at radius 3 is 2.86 bits per heavy atom. The van der Waals surface area contributed by atoms with Crippen LogP contribution in [0.1, 0.15) is 18.3 Å². The topological polar surface area (TPSA) is 30.7 Å². The molecule has 3 nitrogen and oxygen atoms in total. The Bertz CT molecular complexity index is 432. The lowest BCUT2D eigenvalue weighted by Crippen LogP contribution is -2.03. The predicted molar refractivity (Wildman–Crippen MR) is 55.5 cm³/mol. The second kappa shape index (κ2) is 3.62. The summed E-state index contributed by atoms with van der Waals surface area (Å²) in [6.07, 6.45) is 6.49. The maximum atomic E-state index is 4.35. The first-order valence-electron chi connectivity index (χ1n) is 4.77. The summed E-state index contributed by atoms with van der Waals surface area (Å²) >= 11 is 0. The number of pyridine rings is 1. The van der Waals surface area contributed by atoms with E-state index in [2.05, 4.69) is 29.9 Å². The summed E-state index contributed by atoms with van der Waals surface area (Å²) in [5.74, 6) is 2.02. The first-order valence-corrected chi connectivity index (χ1v) is 4.77. The Morgan fingerprint density at radius 2 is 2.14 bits per heavy atom. The van der Waals surface area contributed by atoms with Crippen molar-refractivity contribution in [1.82, 2.24) is 14.5 Å². The average molecular weight is 187 g/mol. The van der Waals surface area contributed by atoms with Gasteiger partial charge in [-0.1, -0.05) is 13.0 Å². The van der Waals surface area contributed by atoms with Crippen LogP contribution in [0.3, 0.4) is 0 Å². The van der Waals surface area contributed by atoms with Crippen LogP contribution in [0.5, 0.6) is 0 Å². The van der Waals surface area contributed by atoms with Crippen LogP contribution >= 0.6 is 0 Å². The molecule has 14 heavy (non-hydrogen) atoms. The number of rotatable bonds is 2. The van der Waals surface area contributed by atoms with Crippen molar-refractivity contribution < 1.29 is 0 Å². The minimum absolute atomic E-state index is 0.920. The third-order valence-corrected chi connectivity index (χ3v) is 2.24. The zero-order valence-electron chi connectivity index (χ0n) is 8.44. The molecule has 0 aromatic carbocycles. The highest BCUT2D eigenvalue weighted by Crippen LogP contribution is 2.12. The third kappa shape index (κ3) is 1.41. The summed E-state index contributed by atoms with van der Waals surface area (Å²) in [7, 11) is 0. The molecule has 0 spiro atoms. The van der Waals surface area contributed by atoms with E-state index in [9.17, 15) is 0 Å². The number of nitrogens with zero attached hydrogens (tertiary/aromatic N) is 3. The van der Waals surface area contributed by atoms with Gasteiger partial charge in [0.1, 0.15) is 11.6 Å². The molecule has 0 radical (unpaired) electrons. The van der Waals surface area contributed by atoms with E-state index in [4.69, 9.17) is 0 Å². The lowest BCUT2D eigenvalue weighted by molar-refractivity contribution is 0.860. The van der Waals surface area contributed by atoms with Crippen LogP contribution in [-0.4, -0.2) is 14.5 Å². The van der Waals surface area contributed by atoms with Gasteiger partial charge in [-0.15, -0.1) is 0 Å². The molecule has 0 unspecified atom stereocenters. The van der Waals surface area contributed by atoms with E-state index < -0.39 is 0 Å². The lowest BCUT2D eigenvalue weighted by atomic mass is 10.3. The third-order valence-electron chi connectivity index (χ3n) is 2.24. The monoisotopic (exact) mass is 187 g/mol. The first-order chi connectivity index (χ1) is 6.83. The molecule has 0 atom stereocenters. The predicted octanol–water partition coefficient (Wildman–Crippen LogP) is 2.14. The van der Waals surface area contributed by atoms with Crippen molar-refractivity contribution in [2.75, 3.05) is 0 Å². The van der Waals surface area contributed by atoms with Crippen LogP contribution in [0.2, 0.25) is 0 Å². The van der Waals surface area contributed by atoms with Crippen molar-refractivity contribution in [2.45, 2.75) is 20.3 Å². The number of hydrogen-bond acceptors (Lipinski definition) is 2. The number of imidazole rings is 1. The van der Waals surface area contributed by atoms with Crippen molar-refractivity contribution in [2.24, 2.45) is 0 Å². The van der Waals surface area contributed by atoms with Crippen molar-refractivity contribution in [1.29, 1.82) is 0 Å². The number of aromatic nitrogens is 3. The summed E-state index contributed by atoms with van der Waals surface area (Å²) in [6, 6.07) is 4.00. The fourth-order valence-corrected chi connectivity index (χ4v) is 1.52. The molecule has 0 fully saturated rings. The minimum atomic E-state index is 0.920. The molecule has 72 valence electrons. The van der Waals surface area contributed by atoms with E-state index in [-0.39, 0.29) is 0 Å². The average Bonchev–Trinajstić information content (AvgIpc) is 2.66. The Morgan fingerprint density at radius 1 is 1.29 bits per heavy atom. The Hall–Kier alpha value is -1.64. The van der Waals surface area contributed by atoms with E-state index in [1.165, 1.54) is 5.56 Å². The summed E-state index contributed by atoms with van der Waals surface area (Å²) < 4.78 is 2.04. The molecule has 2 aromatic rings. The van der Waals surface area contributed by atoms with Crippen LogP contribution in [0.4, 0.5) is 0 Å². The van der Waals surface area contributed by atoms with Crippen LogP contribution in [0.25, 0.3) is 5.82 Å². The highest BCUT2D eigenvalue weighted by Gasteiger charge is 2.05. The quantitative estimate of drug-likeness (QED) is 0.721. The molecule has 0 amide bonds. The summed E-state index contributed by atoms with van der Waals surface area (Å²) in [4.78, 5) is 8.63. The van der Waals surface area contributed by atoms with E-state index >= 15 is 0 Å². The maximum Gasteiger partial charge on any atom is 0.140 e. The molecule has 0 saturated carbocycles. The summed E-state index contributed by atoms with van der Waals surface area (Å²) in [5, 5.41) is 0. The molecule has 0 N–H and O–H groups in total. The molecule has 0 aliphatic heterocycles. The van der Waals surface area contributed by atoms with E-state index in [0.29, 0.717) is 0 Å². The maximum absolute atomic E-state index is 4.35. The highest BCUT2D eigenvalue weighted by molar-refractivity contribution is 5.33. The van der Waals surface area contributed by atoms with Gasteiger partial charge in [-0.25, -0.2) is 9.97 Å². The largest absolute Gasteiger partial charge is 0.288 e. The van der Waals surface area contributed by atoms with E-state index in [0.717, 1.165) is 18.1 Å². The van der Waals surface area contributed by atoms with Gasteiger partial charge in [0.25, 0.3) is 0 Å². The standard InChI is InChI=1S/C11H13N3/c1-3-10-12-7-8-14(10)11-9(2)5-4-6-13-11/h4-8H,3H2,1-2H3. The Labute approximate surface area is 83.4 Å². The fourth-order valence-electron chi connectivity index (χ4n) is 1.52. The SMILES string of the molecule is CCc1nccn1-c1ncccc1C. The molecule has 0 bridgehead atoms. The van der Waals surface area contributed by atoms with Gasteiger partial charge in [-0.3, -0.25) is 4.57 Å². The highest BCUT2D eigenvalue weighted by atomic mass is 15.1. The molecule has 0 aliphatic carbocycles. The lowest BCUT2D eigenvalue weighted by Gasteiger charge is -2.07. The second-order valence-electron chi connectivity index (χ2n) is 3.21. The van der Waals surface area contributed by atoms with Crippen LogP contribution in [0, 0.1) is 6.92 Å². The summed E-state index contributed by atoms with van der Waals surface area (Å²) in [6.45, 7) is 4.15. The Kier molecular flexibility index (Phi) is 2.31. The second-order valence-corrected chi connectivity index (χ2v) is 3.21. The molecule has 0 saturated heterocycles. The van der Waals surface area contributed by atoms with Crippen LogP contribution < -0.4 is 0 Å². The van der Waals surface area contributed by atoms with Gasteiger partial charge in [0.05, 0.1) is 0 Å². The van der Waals surface area contributed by atoms with Crippen molar-refractivity contribution >= 4 is 0 Å². The molecular formula is C11H13N3. The van der Waals surface area contributed by atoms with Gasteiger partial charge in [0, 0.05) is 25.0 Å². The van der Waals surface area contributed by atoms with Crippen LogP contribution in [0.15, 0.2) is 30.7 Å². The zero-order chi connectivity index (χ0) is 9.97. The van der Waals surface area contributed by atoms with Crippen molar-refractivity contribution in [3.05, 3.63) is 42.1 Å². The Balaban J connectivity index is 2.54.